The Labute approximate surface area is 169 Å². The Bertz CT molecular complexity index is 1140. The minimum Gasteiger partial charge on any atom is -0.349 e. The Kier molecular flexibility index (Phi) is 4.97. The average molecular weight is 409 g/mol. The first-order valence-electron chi connectivity index (χ1n) is 9.08. The Hall–Kier alpha value is -4.08. The molecular formula is C20H16FN5O4. The van der Waals surface area contributed by atoms with E-state index in [0.29, 0.717) is 17.1 Å². The van der Waals surface area contributed by atoms with Gasteiger partial charge < -0.3 is 15.2 Å². The third-order valence-corrected chi connectivity index (χ3v) is 4.76. The van der Waals surface area contributed by atoms with Crippen molar-refractivity contribution in [2.75, 3.05) is 11.9 Å². The molecule has 0 radical (unpaired) electrons. The highest BCUT2D eigenvalue weighted by molar-refractivity contribution is 5.95. The second-order valence-corrected chi connectivity index (χ2v) is 6.77. The Morgan fingerprint density at radius 2 is 2.07 bits per heavy atom. The molecule has 0 spiro atoms. The van der Waals surface area contributed by atoms with Crippen molar-refractivity contribution in [2.24, 2.45) is 0 Å². The number of imidazole rings is 1. The molecule has 0 saturated heterocycles. The van der Waals surface area contributed by atoms with Crippen LogP contribution in [0.25, 0.3) is 11.4 Å². The summed E-state index contributed by atoms with van der Waals surface area (Å²) >= 11 is 0. The molecular weight excluding hydrogens is 393 g/mol. The smallest absolute Gasteiger partial charge is 0.269 e. The van der Waals surface area contributed by atoms with Gasteiger partial charge >= 0.3 is 0 Å². The van der Waals surface area contributed by atoms with E-state index in [9.17, 15) is 24.1 Å². The number of nitro benzene ring substituents is 1. The maximum atomic E-state index is 13.3. The number of fused-ring (bicyclic) bond motifs is 1. The number of carbonyl (C=O) groups excluding carboxylic acids is 2. The van der Waals surface area contributed by atoms with Crippen molar-refractivity contribution in [3.05, 3.63) is 76.4 Å². The van der Waals surface area contributed by atoms with Crippen molar-refractivity contribution in [3.63, 3.8) is 0 Å². The van der Waals surface area contributed by atoms with E-state index in [2.05, 4.69) is 15.6 Å². The minimum atomic E-state index is -0.502. The first kappa shape index (κ1) is 19.2. The number of halogens is 1. The quantitative estimate of drug-likeness (QED) is 0.496. The number of hydrogen-bond donors (Lipinski definition) is 2. The van der Waals surface area contributed by atoms with Gasteiger partial charge in [0.05, 0.1) is 17.2 Å². The molecule has 3 aromatic rings. The van der Waals surface area contributed by atoms with Gasteiger partial charge in [-0.2, -0.15) is 0 Å². The number of hydrogen-bond acceptors (Lipinski definition) is 5. The Balaban J connectivity index is 1.61. The number of nitro groups is 1. The van der Waals surface area contributed by atoms with Crippen LogP contribution in [0, 0.1) is 15.9 Å². The van der Waals surface area contributed by atoms with Crippen molar-refractivity contribution in [2.45, 2.75) is 12.5 Å². The predicted octanol–water partition coefficient (Wildman–Crippen LogP) is 2.91. The lowest BCUT2D eigenvalue weighted by Gasteiger charge is -2.27. The van der Waals surface area contributed by atoms with E-state index in [1.165, 1.54) is 36.5 Å². The van der Waals surface area contributed by atoms with E-state index in [-0.39, 0.29) is 36.2 Å². The van der Waals surface area contributed by atoms with Gasteiger partial charge in [-0.15, -0.1) is 0 Å². The molecule has 0 fully saturated rings. The van der Waals surface area contributed by atoms with Crippen molar-refractivity contribution in [1.29, 1.82) is 0 Å². The maximum absolute atomic E-state index is 13.3. The lowest BCUT2D eigenvalue weighted by atomic mass is 10.1. The van der Waals surface area contributed by atoms with E-state index in [4.69, 9.17) is 0 Å². The summed E-state index contributed by atoms with van der Waals surface area (Å²) in [5, 5.41) is 16.3. The zero-order valence-electron chi connectivity index (χ0n) is 15.5. The van der Waals surface area contributed by atoms with Crippen molar-refractivity contribution in [1.82, 2.24) is 14.9 Å². The van der Waals surface area contributed by atoms with Gasteiger partial charge in [0.2, 0.25) is 5.91 Å². The number of rotatable bonds is 5. The van der Waals surface area contributed by atoms with Crippen LogP contribution in [0.1, 0.15) is 23.0 Å². The summed E-state index contributed by atoms with van der Waals surface area (Å²) in [5.41, 5.74) is 1.14. The molecule has 2 aromatic carbocycles. The molecule has 10 heteroatoms. The van der Waals surface area contributed by atoms with Gasteiger partial charge in [-0.3, -0.25) is 19.7 Å². The van der Waals surface area contributed by atoms with E-state index in [1.807, 2.05) is 0 Å². The van der Waals surface area contributed by atoms with Crippen LogP contribution in [0.4, 0.5) is 15.8 Å². The summed E-state index contributed by atoms with van der Waals surface area (Å²) in [6.07, 6.45) is 1.42. The molecule has 0 saturated carbocycles. The highest BCUT2D eigenvalue weighted by Crippen LogP contribution is 2.29. The van der Waals surface area contributed by atoms with Crippen LogP contribution in [0.3, 0.4) is 0 Å². The predicted molar refractivity (Wildman–Crippen MR) is 105 cm³/mol. The number of non-ortho nitro benzene ring substituents is 1. The topological polar surface area (TPSA) is 119 Å². The summed E-state index contributed by atoms with van der Waals surface area (Å²) in [7, 11) is 0. The van der Waals surface area contributed by atoms with Gasteiger partial charge in [0, 0.05) is 36.3 Å². The molecule has 2 N–H and O–H groups in total. The van der Waals surface area contributed by atoms with Gasteiger partial charge in [-0.05, 0) is 30.3 Å². The SMILES string of the molecule is O=C(CC1CNC(=O)c2cnc(-c3ccc([N+](=O)[O-])cc3)n21)Nc1cccc(F)c1. The number of amides is 2. The van der Waals surface area contributed by atoms with Crippen molar-refractivity contribution in [3.8, 4) is 11.4 Å². The van der Waals surface area contributed by atoms with E-state index < -0.39 is 16.8 Å². The molecule has 152 valence electrons. The number of anilines is 1. The van der Waals surface area contributed by atoms with Crippen LogP contribution in [0.15, 0.2) is 54.7 Å². The average Bonchev–Trinajstić information content (AvgIpc) is 3.16. The molecule has 4 rings (SSSR count). The summed E-state index contributed by atoms with van der Waals surface area (Å²) in [6, 6.07) is 10.9. The van der Waals surface area contributed by atoms with Gasteiger partial charge in [-0.1, -0.05) is 6.07 Å². The molecule has 1 aromatic heterocycles. The van der Waals surface area contributed by atoms with Crippen LogP contribution >= 0.6 is 0 Å². The van der Waals surface area contributed by atoms with Crippen LogP contribution in [0.5, 0.6) is 0 Å². The Morgan fingerprint density at radius 1 is 1.30 bits per heavy atom. The molecule has 1 unspecified atom stereocenters. The minimum absolute atomic E-state index is 0.0140. The van der Waals surface area contributed by atoms with Gasteiger partial charge in [0.25, 0.3) is 11.6 Å². The van der Waals surface area contributed by atoms with Crippen molar-refractivity contribution < 1.29 is 18.9 Å². The zero-order valence-corrected chi connectivity index (χ0v) is 15.5. The lowest BCUT2D eigenvalue weighted by Crippen LogP contribution is -2.40. The highest BCUT2D eigenvalue weighted by atomic mass is 19.1. The third kappa shape index (κ3) is 3.75. The largest absolute Gasteiger partial charge is 0.349 e. The summed E-state index contributed by atoms with van der Waals surface area (Å²) in [6.45, 7) is 0.207. The first-order valence-corrected chi connectivity index (χ1v) is 9.08. The van der Waals surface area contributed by atoms with Gasteiger partial charge in [-0.25, -0.2) is 9.37 Å². The fraction of sp³-hybridized carbons (Fsp3) is 0.150. The highest BCUT2D eigenvalue weighted by Gasteiger charge is 2.30. The third-order valence-electron chi connectivity index (χ3n) is 4.76. The molecule has 30 heavy (non-hydrogen) atoms. The molecule has 1 atom stereocenters. The van der Waals surface area contributed by atoms with Crippen molar-refractivity contribution >= 4 is 23.2 Å². The number of carbonyl (C=O) groups is 2. The summed E-state index contributed by atoms with van der Waals surface area (Å²) in [4.78, 5) is 39.4. The van der Waals surface area contributed by atoms with Crippen LogP contribution in [0.2, 0.25) is 0 Å². The monoisotopic (exact) mass is 409 g/mol. The van der Waals surface area contributed by atoms with Crippen LogP contribution in [-0.4, -0.2) is 32.8 Å². The molecule has 2 amide bonds. The molecule has 2 heterocycles. The van der Waals surface area contributed by atoms with Gasteiger partial charge in [0.15, 0.2) is 0 Å². The molecule has 1 aliphatic rings. The first-order chi connectivity index (χ1) is 14.4. The standard InChI is InChI=1S/C20H16FN5O4/c21-13-2-1-3-14(8-13)24-18(27)9-16-10-23-20(28)17-11-22-19(25(16)17)12-4-6-15(7-5-12)26(29)30/h1-8,11,16H,9-10H2,(H,23,28)(H,24,27). The fourth-order valence-corrected chi connectivity index (χ4v) is 3.39. The van der Waals surface area contributed by atoms with E-state index in [1.54, 1.807) is 22.8 Å². The van der Waals surface area contributed by atoms with Crippen LogP contribution in [-0.2, 0) is 4.79 Å². The summed E-state index contributed by atoms with van der Waals surface area (Å²) < 4.78 is 15.0. The number of aromatic nitrogens is 2. The molecule has 9 nitrogen and oxygen atoms in total. The second kappa shape index (κ2) is 7.74. The Morgan fingerprint density at radius 3 is 2.77 bits per heavy atom. The molecule has 1 aliphatic heterocycles. The van der Waals surface area contributed by atoms with Crippen LogP contribution < -0.4 is 10.6 Å². The number of nitrogens with zero attached hydrogens (tertiary/aromatic N) is 3. The molecule has 0 bridgehead atoms. The molecule has 0 aliphatic carbocycles. The fourth-order valence-electron chi connectivity index (χ4n) is 3.39. The number of nitrogens with one attached hydrogen (secondary N) is 2. The maximum Gasteiger partial charge on any atom is 0.269 e. The summed E-state index contributed by atoms with van der Waals surface area (Å²) in [5.74, 6) is -0.707. The lowest BCUT2D eigenvalue weighted by molar-refractivity contribution is -0.384. The normalized spacial score (nSPS) is 15.2. The number of benzene rings is 2. The van der Waals surface area contributed by atoms with Gasteiger partial charge in [0.1, 0.15) is 17.3 Å². The van der Waals surface area contributed by atoms with E-state index in [0.717, 1.165) is 0 Å². The zero-order chi connectivity index (χ0) is 21.3. The second-order valence-electron chi connectivity index (χ2n) is 6.77. The van der Waals surface area contributed by atoms with E-state index >= 15 is 0 Å².